The number of hydrogen-bond donors (Lipinski definition) is 1. The molecule has 2 nitrogen and oxygen atoms in total. The summed E-state index contributed by atoms with van der Waals surface area (Å²) in [4.78, 5) is 12.0. The largest absolute Gasteiger partial charge is 0.383 e. The molecule has 0 amide bonds. The fourth-order valence-electron chi connectivity index (χ4n) is 2.03. The van der Waals surface area contributed by atoms with E-state index in [-0.39, 0.29) is 5.78 Å². The van der Waals surface area contributed by atoms with Crippen molar-refractivity contribution in [3.05, 3.63) is 46.0 Å². The Bertz CT molecular complexity index is 465. The molecule has 0 aromatic heterocycles. The van der Waals surface area contributed by atoms with Gasteiger partial charge in [-0.05, 0) is 32.4 Å². The second-order valence-corrected chi connectivity index (χ2v) is 4.24. The van der Waals surface area contributed by atoms with Gasteiger partial charge in [0.15, 0.2) is 5.78 Å². The Labute approximate surface area is 89.2 Å². The summed E-state index contributed by atoms with van der Waals surface area (Å²) >= 11 is 0. The van der Waals surface area contributed by atoms with Crippen LogP contribution in [0.25, 0.3) is 0 Å². The van der Waals surface area contributed by atoms with Gasteiger partial charge in [0.05, 0.1) is 0 Å². The van der Waals surface area contributed by atoms with Crippen molar-refractivity contribution in [1.29, 1.82) is 0 Å². The number of allylic oxidation sites excluding steroid dienone is 1. The Balaban J connectivity index is 2.66. The lowest BCUT2D eigenvalue weighted by atomic mass is 10.1. The first kappa shape index (κ1) is 10.1. The van der Waals surface area contributed by atoms with Crippen molar-refractivity contribution in [1.82, 2.24) is 0 Å². The van der Waals surface area contributed by atoms with Crippen molar-refractivity contribution < 1.29 is 9.90 Å². The quantitative estimate of drug-likeness (QED) is 0.656. The van der Waals surface area contributed by atoms with E-state index in [1.165, 1.54) is 0 Å². The van der Waals surface area contributed by atoms with E-state index in [0.717, 1.165) is 16.7 Å². The second kappa shape index (κ2) is 3.31. The van der Waals surface area contributed by atoms with Crippen molar-refractivity contribution in [2.75, 3.05) is 0 Å². The van der Waals surface area contributed by atoms with Gasteiger partial charge >= 0.3 is 0 Å². The molecule has 0 radical (unpaired) electrons. The number of Topliss-reactive ketones (excluding diaryl/α,β-unsaturated/α-hetero) is 1. The highest BCUT2D eigenvalue weighted by Crippen LogP contribution is 2.37. The summed E-state index contributed by atoms with van der Waals surface area (Å²) in [6.45, 7) is 5.66. The molecule has 0 saturated heterocycles. The van der Waals surface area contributed by atoms with Crippen LogP contribution >= 0.6 is 0 Å². The summed E-state index contributed by atoms with van der Waals surface area (Å²) in [7, 11) is 0. The fraction of sp³-hybridized carbons (Fsp3) is 0.308. The smallest absolute Gasteiger partial charge is 0.192 e. The zero-order chi connectivity index (χ0) is 11.2. The summed E-state index contributed by atoms with van der Waals surface area (Å²) in [5, 5.41) is 9.99. The van der Waals surface area contributed by atoms with Gasteiger partial charge in [-0.2, -0.15) is 0 Å². The van der Waals surface area contributed by atoms with Gasteiger partial charge in [-0.1, -0.05) is 23.3 Å². The molecule has 1 aliphatic carbocycles. The average Bonchev–Trinajstić information content (AvgIpc) is 2.39. The molecule has 2 heteroatoms. The van der Waals surface area contributed by atoms with E-state index in [2.05, 4.69) is 0 Å². The molecule has 2 rings (SSSR count). The molecule has 1 unspecified atom stereocenters. The molecule has 0 spiro atoms. The molecular weight excluding hydrogens is 188 g/mol. The van der Waals surface area contributed by atoms with Gasteiger partial charge in [0.25, 0.3) is 0 Å². The van der Waals surface area contributed by atoms with Crippen molar-refractivity contribution >= 4 is 5.78 Å². The van der Waals surface area contributed by atoms with Crippen molar-refractivity contribution in [2.45, 2.75) is 26.9 Å². The molecule has 0 fully saturated rings. The highest BCUT2D eigenvalue weighted by atomic mass is 16.3. The normalized spacial score (nSPS) is 19.3. The summed E-state index contributed by atoms with van der Waals surface area (Å²) < 4.78 is 0. The zero-order valence-electron chi connectivity index (χ0n) is 9.16. The highest BCUT2D eigenvalue weighted by Gasteiger charge is 2.33. The number of carbonyl (C=O) groups is 1. The van der Waals surface area contributed by atoms with Crippen LogP contribution < -0.4 is 0 Å². The van der Waals surface area contributed by atoms with Gasteiger partial charge in [0.1, 0.15) is 6.10 Å². The van der Waals surface area contributed by atoms with Gasteiger partial charge in [-0.15, -0.1) is 0 Å². The average molecular weight is 202 g/mol. The maximum absolute atomic E-state index is 12.0. The Morgan fingerprint density at radius 2 is 2.00 bits per heavy atom. The minimum Gasteiger partial charge on any atom is -0.383 e. The monoisotopic (exact) mass is 202 g/mol. The van der Waals surface area contributed by atoms with Crippen LogP contribution in [0, 0.1) is 6.92 Å². The van der Waals surface area contributed by atoms with E-state index in [0.29, 0.717) is 11.1 Å². The van der Waals surface area contributed by atoms with Crippen LogP contribution in [-0.4, -0.2) is 10.9 Å². The summed E-state index contributed by atoms with van der Waals surface area (Å²) in [5.74, 6) is -0.0267. The van der Waals surface area contributed by atoms with Crippen LogP contribution in [0.5, 0.6) is 0 Å². The van der Waals surface area contributed by atoms with Gasteiger partial charge in [0.2, 0.25) is 0 Å². The van der Waals surface area contributed by atoms with E-state index in [4.69, 9.17) is 0 Å². The van der Waals surface area contributed by atoms with Crippen LogP contribution in [0.3, 0.4) is 0 Å². The summed E-state index contributed by atoms with van der Waals surface area (Å²) in [6.07, 6.45) is -0.738. The van der Waals surface area contributed by atoms with E-state index >= 15 is 0 Å². The first-order valence-corrected chi connectivity index (χ1v) is 5.03. The molecular formula is C13H14O2. The number of rotatable bonds is 0. The third-order valence-corrected chi connectivity index (χ3v) is 2.80. The molecule has 0 heterocycles. The first-order chi connectivity index (χ1) is 7.02. The van der Waals surface area contributed by atoms with Crippen LogP contribution in [0.4, 0.5) is 0 Å². The first-order valence-electron chi connectivity index (χ1n) is 5.03. The van der Waals surface area contributed by atoms with Gasteiger partial charge < -0.3 is 5.11 Å². The number of hydrogen-bond acceptors (Lipinski definition) is 2. The number of fused-ring (bicyclic) bond motifs is 1. The Morgan fingerprint density at radius 3 is 2.60 bits per heavy atom. The number of carbonyl (C=O) groups excluding carboxylic acids is 1. The van der Waals surface area contributed by atoms with Crippen LogP contribution in [0.15, 0.2) is 29.3 Å². The third-order valence-electron chi connectivity index (χ3n) is 2.80. The molecule has 0 bridgehead atoms. The lowest BCUT2D eigenvalue weighted by molar-refractivity contribution is 0.101. The summed E-state index contributed by atoms with van der Waals surface area (Å²) in [6, 6.07) is 5.60. The molecule has 0 saturated carbocycles. The van der Waals surface area contributed by atoms with E-state index in [1.807, 2.05) is 39.0 Å². The fourth-order valence-corrected chi connectivity index (χ4v) is 2.03. The van der Waals surface area contributed by atoms with E-state index in [1.54, 1.807) is 0 Å². The molecule has 15 heavy (non-hydrogen) atoms. The number of benzene rings is 1. The number of aliphatic hydroxyl groups excluding tert-OH is 1. The van der Waals surface area contributed by atoms with Crippen molar-refractivity contribution in [2.24, 2.45) is 0 Å². The van der Waals surface area contributed by atoms with E-state index < -0.39 is 6.10 Å². The Kier molecular flexibility index (Phi) is 2.24. The number of aliphatic hydroxyl groups is 1. The maximum atomic E-state index is 12.0. The van der Waals surface area contributed by atoms with Crippen LogP contribution in [0.1, 0.15) is 41.4 Å². The van der Waals surface area contributed by atoms with Crippen LogP contribution in [0.2, 0.25) is 0 Å². The van der Waals surface area contributed by atoms with E-state index in [9.17, 15) is 9.90 Å². The van der Waals surface area contributed by atoms with Crippen molar-refractivity contribution in [3.8, 4) is 0 Å². The minimum absolute atomic E-state index is 0.0267. The maximum Gasteiger partial charge on any atom is 0.192 e. The molecule has 1 aliphatic rings. The van der Waals surface area contributed by atoms with Gasteiger partial charge in [0, 0.05) is 11.1 Å². The van der Waals surface area contributed by atoms with Gasteiger partial charge in [-0.3, -0.25) is 4.79 Å². The lowest BCUT2D eigenvalue weighted by Crippen LogP contribution is -2.01. The number of aryl methyl sites for hydroxylation is 1. The summed E-state index contributed by atoms with van der Waals surface area (Å²) in [5.41, 5.74) is 3.86. The standard InChI is InChI=1S/C13H14O2/c1-7(2)11-12(14)9-5-4-8(3)6-10(9)13(11)15/h4-6,12,14H,1-3H3. The molecule has 78 valence electrons. The topological polar surface area (TPSA) is 37.3 Å². The molecule has 1 atom stereocenters. The van der Waals surface area contributed by atoms with Gasteiger partial charge in [-0.25, -0.2) is 0 Å². The zero-order valence-corrected chi connectivity index (χ0v) is 9.16. The minimum atomic E-state index is -0.738. The SMILES string of the molecule is CC(C)=C1C(=O)c2cc(C)ccc2C1O. The molecule has 1 N–H and O–H groups in total. The predicted octanol–water partition coefficient (Wildman–Crippen LogP) is 2.56. The van der Waals surface area contributed by atoms with Crippen LogP contribution in [-0.2, 0) is 0 Å². The molecule has 1 aromatic rings. The second-order valence-electron chi connectivity index (χ2n) is 4.24. The highest BCUT2D eigenvalue weighted by molar-refractivity contribution is 6.14. The predicted molar refractivity (Wildman–Crippen MR) is 58.8 cm³/mol. The van der Waals surface area contributed by atoms with Crippen molar-refractivity contribution in [3.63, 3.8) is 0 Å². The molecule has 1 aromatic carbocycles. The Hall–Kier alpha value is -1.41. The Morgan fingerprint density at radius 1 is 1.33 bits per heavy atom. The third kappa shape index (κ3) is 1.41. The molecule has 0 aliphatic heterocycles. The lowest BCUT2D eigenvalue weighted by Gasteiger charge is -2.05. The number of ketones is 1.